The molecule has 0 bridgehead atoms. The van der Waals surface area contributed by atoms with Gasteiger partial charge in [0.1, 0.15) is 0 Å². The fourth-order valence-corrected chi connectivity index (χ4v) is 1.99. The Morgan fingerprint density at radius 3 is 2.60 bits per heavy atom. The van der Waals surface area contributed by atoms with Crippen LogP contribution in [0.15, 0.2) is 0 Å². The van der Waals surface area contributed by atoms with Crippen LogP contribution < -0.4 is 5.32 Å². The molecule has 1 saturated heterocycles. The van der Waals surface area contributed by atoms with Crippen molar-refractivity contribution in [1.82, 2.24) is 5.32 Å². The van der Waals surface area contributed by atoms with Crippen molar-refractivity contribution >= 4 is 11.8 Å². The third-order valence-corrected chi connectivity index (χ3v) is 2.50. The molecule has 0 aromatic rings. The summed E-state index contributed by atoms with van der Waals surface area (Å²) in [6, 6.07) is 0.361. The molecule has 60 valence electrons. The monoisotopic (exact) mass is 163 g/mol. The lowest BCUT2D eigenvalue weighted by molar-refractivity contribution is -0.116. The van der Waals surface area contributed by atoms with Gasteiger partial charge in [0.25, 0.3) is 0 Å². The van der Waals surface area contributed by atoms with Gasteiger partial charge in [0.15, 0.2) is 6.29 Å². The summed E-state index contributed by atoms with van der Waals surface area (Å²) in [7, 11) is 3.33. The molecule has 0 radical (unpaired) electrons. The minimum atomic E-state index is -0.0880. The van der Waals surface area contributed by atoms with Gasteiger partial charge in [0, 0.05) is 25.8 Å². The van der Waals surface area contributed by atoms with Crippen LogP contribution in [-0.4, -0.2) is 38.2 Å². The Hall–Kier alpha value is 0.230. The molecule has 1 atom stereocenters. The molecule has 1 heterocycles. The van der Waals surface area contributed by atoms with Gasteiger partial charge in [-0.3, -0.25) is 5.32 Å². The quantitative estimate of drug-likeness (QED) is 0.605. The molecule has 1 rings (SSSR count). The number of ether oxygens (including phenoxy) is 2. The second-order valence-electron chi connectivity index (χ2n) is 2.17. The van der Waals surface area contributed by atoms with Crippen LogP contribution >= 0.6 is 11.8 Å². The maximum Gasteiger partial charge on any atom is 0.172 e. The molecule has 1 unspecified atom stereocenters. The van der Waals surface area contributed by atoms with Gasteiger partial charge in [0.2, 0.25) is 0 Å². The van der Waals surface area contributed by atoms with Crippen molar-refractivity contribution in [2.75, 3.05) is 25.8 Å². The van der Waals surface area contributed by atoms with Gasteiger partial charge in [0.05, 0.1) is 6.04 Å². The van der Waals surface area contributed by atoms with Crippen molar-refractivity contribution < 1.29 is 9.47 Å². The number of nitrogens with one attached hydrogen (secondary N) is 1. The molecule has 3 nitrogen and oxygen atoms in total. The van der Waals surface area contributed by atoms with Gasteiger partial charge >= 0.3 is 0 Å². The van der Waals surface area contributed by atoms with Crippen LogP contribution in [0, 0.1) is 0 Å². The minimum absolute atomic E-state index is 0.0880. The van der Waals surface area contributed by atoms with Gasteiger partial charge in [-0.25, -0.2) is 0 Å². The van der Waals surface area contributed by atoms with Crippen molar-refractivity contribution in [2.45, 2.75) is 12.3 Å². The third kappa shape index (κ3) is 1.85. The van der Waals surface area contributed by atoms with Crippen LogP contribution in [-0.2, 0) is 9.47 Å². The van der Waals surface area contributed by atoms with Gasteiger partial charge < -0.3 is 9.47 Å². The highest BCUT2D eigenvalue weighted by molar-refractivity contribution is 7.99. The number of rotatable bonds is 3. The fraction of sp³-hybridized carbons (Fsp3) is 1.00. The third-order valence-electron chi connectivity index (χ3n) is 1.54. The lowest BCUT2D eigenvalue weighted by Gasteiger charge is -2.19. The molecule has 0 aromatic heterocycles. The predicted octanol–water partition coefficient (Wildman–Crippen LogP) is 0.268. The molecule has 1 fully saturated rings. The summed E-state index contributed by atoms with van der Waals surface area (Å²) >= 11 is 1.87. The molecule has 0 aromatic carbocycles. The van der Waals surface area contributed by atoms with E-state index in [9.17, 15) is 0 Å². The highest BCUT2D eigenvalue weighted by Crippen LogP contribution is 2.14. The molecule has 0 amide bonds. The summed E-state index contributed by atoms with van der Waals surface area (Å²) < 4.78 is 10.2. The zero-order valence-corrected chi connectivity index (χ0v) is 7.11. The molecule has 10 heavy (non-hydrogen) atoms. The minimum Gasteiger partial charge on any atom is -0.354 e. The Morgan fingerprint density at radius 1 is 1.50 bits per heavy atom. The van der Waals surface area contributed by atoms with E-state index in [1.165, 1.54) is 0 Å². The van der Waals surface area contributed by atoms with Gasteiger partial charge in [-0.05, 0) is 0 Å². The second-order valence-corrected chi connectivity index (χ2v) is 3.20. The number of hydrogen-bond acceptors (Lipinski definition) is 4. The standard InChI is InChI=1S/C6H13NO2S/c1-8-6(9-2)5-3-10-4-7-5/h5-7H,3-4H2,1-2H3. The fourth-order valence-electron chi connectivity index (χ4n) is 1.01. The Balaban J connectivity index is 2.29. The summed E-state index contributed by atoms with van der Waals surface area (Å²) in [6.45, 7) is 0. The molecule has 1 aliphatic heterocycles. The normalized spacial score (nSPS) is 26.1. The Labute approximate surface area is 65.5 Å². The topological polar surface area (TPSA) is 30.5 Å². The van der Waals surface area contributed by atoms with E-state index in [2.05, 4.69) is 5.32 Å². The zero-order chi connectivity index (χ0) is 7.40. The summed E-state index contributed by atoms with van der Waals surface area (Å²) in [5, 5.41) is 3.27. The first-order valence-corrected chi connectivity index (χ1v) is 4.40. The molecule has 0 saturated carbocycles. The number of methoxy groups -OCH3 is 2. The van der Waals surface area contributed by atoms with Crippen LogP contribution in [0.2, 0.25) is 0 Å². The van der Waals surface area contributed by atoms with Gasteiger partial charge in [-0.15, -0.1) is 11.8 Å². The Bertz CT molecular complexity index is 91.7. The van der Waals surface area contributed by atoms with E-state index in [0.29, 0.717) is 6.04 Å². The predicted molar refractivity (Wildman–Crippen MR) is 42.1 cm³/mol. The van der Waals surface area contributed by atoms with Crippen LogP contribution in [0.3, 0.4) is 0 Å². The molecule has 1 N–H and O–H groups in total. The van der Waals surface area contributed by atoms with Crippen LogP contribution in [0.25, 0.3) is 0 Å². The van der Waals surface area contributed by atoms with Gasteiger partial charge in [-0.1, -0.05) is 0 Å². The maximum absolute atomic E-state index is 5.09. The van der Waals surface area contributed by atoms with Crippen molar-refractivity contribution in [3.8, 4) is 0 Å². The SMILES string of the molecule is COC(OC)C1CSCN1. The molecular weight excluding hydrogens is 150 g/mol. The number of thioether (sulfide) groups is 1. The smallest absolute Gasteiger partial charge is 0.172 e. The average Bonchev–Trinajstić information content (AvgIpc) is 2.43. The summed E-state index contributed by atoms with van der Waals surface area (Å²) in [5.74, 6) is 2.08. The van der Waals surface area contributed by atoms with Crippen molar-refractivity contribution in [3.63, 3.8) is 0 Å². The molecule has 4 heteroatoms. The van der Waals surface area contributed by atoms with Crippen molar-refractivity contribution in [3.05, 3.63) is 0 Å². The van der Waals surface area contributed by atoms with Crippen molar-refractivity contribution in [2.24, 2.45) is 0 Å². The second kappa shape index (κ2) is 4.18. The zero-order valence-electron chi connectivity index (χ0n) is 6.29. The molecule has 0 aliphatic carbocycles. The van der Waals surface area contributed by atoms with Crippen LogP contribution in [0.5, 0.6) is 0 Å². The van der Waals surface area contributed by atoms with E-state index in [-0.39, 0.29) is 6.29 Å². The van der Waals surface area contributed by atoms with Crippen LogP contribution in [0.4, 0.5) is 0 Å². The largest absolute Gasteiger partial charge is 0.354 e. The van der Waals surface area contributed by atoms with E-state index < -0.39 is 0 Å². The Morgan fingerprint density at radius 2 is 2.20 bits per heavy atom. The van der Waals surface area contributed by atoms with Crippen molar-refractivity contribution in [1.29, 1.82) is 0 Å². The first-order chi connectivity index (χ1) is 4.88. The summed E-state index contributed by atoms with van der Waals surface area (Å²) in [6.07, 6.45) is -0.0880. The van der Waals surface area contributed by atoms with E-state index >= 15 is 0 Å². The summed E-state index contributed by atoms with van der Waals surface area (Å²) in [5.41, 5.74) is 0. The highest BCUT2D eigenvalue weighted by atomic mass is 32.2. The first kappa shape index (κ1) is 8.33. The molecule has 1 aliphatic rings. The lowest BCUT2D eigenvalue weighted by Crippen LogP contribution is -2.39. The highest BCUT2D eigenvalue weighted by Gasteiger charge is 2.23. The Kier molecular flexibility index (Phi) is 3.48. The summed E-state index contributed by atoms with van der Waals surface area (Å²) in [4.78, 5) is 0. The lowest BCUT2D eigenvalue weighted by atomic mass is 10.3. The van der Waals surface area contributed by atoms with E-state index in [1.54, 1.807) is 14.2 Å². The first-order valence-electron chi connectivity index (χ1n) is 3.25. The van der Waals surface area contributed by atoms with Crippen LogP contribution in [0.1, 0.15) is 0 Å². The van der Waals surface area contributed by atoms with E-state index in [0.717, 1.165) is 11.6 Å². The van der Waals surface area contributed by atoms with E-state index in [4.69, 9.17) is 9.47 Å². The molecule has 0 spiro atoms. The maximum atomic E-state index is 5.09. The average molecular weight is 163 g/mol. The number of hydrogen-bond donors (Lipinski definition) is 1. The van der Waals surface area contributed by atoms with E-state index in [1.807, 2.05) is 11.8 Å². The van der Waals surface area contributed by atoms with Gasteiger partial charge in [-0.2, -0.15) is 0 Å². The molecular formula is C6H13NO2S.